The predicted octanol–water partition coefficient (Wildman–Crippen LogP) is 4.46. The monoisotopic (exact) mass is 464 g/mol. The van der Waals surface area contributed by atoms with Crippen molar-refractivity contribution < 1.29 is 24.2 Å². The van der Waals surface area contributed by atoms with Crippen molar-refractivity contribution in [3.63, 3.8) is 0 Å². The van der Waals surface area contributed by atoms with Crippen molar-refractivity contribution in [3.05, 3.63) is 59.7 Å². The third kappa shape index (κ3) is 4.79. The van der Waals surface area contributed by atoms with E-state index in [1.165, 1.54) is 0 Å². The largest absolute Gasteiger partial charge is 0.481 e. The highest BCUT2D eigenvalue weighted by Crippen LogP contribution is 2.44. The Balaban J connectivity index is 1.36. The molecule has 0 aromatic heterocycles. The van der Waals surface area contributed by atoms with Gasteiger partial charge in [0.05, 0.1) is 5.41 Å². The zero-order valence-corrected chi connectivity index (χ0v) is 19.5. The Kier molecular flexibility index (Phi) is 7.20. The number of amides is 2. The van der Waals surface area contributed by atoms with Crippen molar-refractivity contribution in [2.45, 2.75) is 57.4 Å². The normalized spacial score (nSPS) is 16.9. The number of ether oxygens (including phenoxy) is 1. The van der Waals surface area contributed by atoms with Crippen molar-refractivity contribution in [1.29, 1.82) is 0 Å². The summed E-state index contributed by atoms with van der Waals surface area (Å²) in [6.45, 7) is 2.17. The summed E-state index contributed by atoms with van der Waals surface area (Å²) in [4.78, 5) is 37.2. The molecule has 2 amide bonds. The first-order valence-corrected chi connectivity index (χ1v) is 12.1. The number of hydrogen-bond donors (Lipinski definition) is 3. The number of aliphatic carboxylic acids is 1. The average molecular weight is 465 g/mol. The second-order valence-electron chi connectivity index (χ2n) is 9.32. The number of carboxylic acid groups (broad SMARTS) is 1. The molecule has 7 nitrogen and oxygen atoms in total. The molecule has 0 saturated heterocycles. The maximum Gasteiger partial charge on any atom is 0.407 e. The summed E-state index contributed by atoms with van der Waals surface area (Å²) >= 11 is 0. The van der Waals surface area contributed by atoms with Crippen LogP contribution in [0.4, 0.5) is 4.79 Å². The van der Waals surface area contributed by atoms with E-state index >= 15 is 0 Å². The molecule has 1 unspecified atom stereocenters. The van der Waals surface area contributed by atoms with E-state index in [9.17, 15) is 19.5 Å². The average Bonchev–Trinajstić information content (AvgIpc) is 3.45. The van der Waals surface area contributed by atoms with E-state index in [0.29, 0.717) is 25.7 Å². The van der Waals surface area contributed by atoms with Crippen LogP contribution in [-0.2, 0) is 14.3 Å². The highest BCUT2D eigenvalue weighted by atomic mass is 16.5. The molecule has 3 N–H and O–H groups in total. The van der Waals surface area contributed by atoms with Crippen molar-refractivity contribution in [3.8, 4) is 11.1 Å². The third-order valence-corrected chi connectivity index (χ3v) is 7.14. The smallest absolute Gasteiger partial charge is 0.407 e. The molecule has 1 atom stereocenters. The Morgan fingerprint density at radius 1 is 1.03 bits per heavy atom. The van der Waals surface area contributed by atoms with E-state index in [0.717, 1.165) is 35.1 Å². The van der Waals surface area contributed by atoms with Crippen molar-refractivity contribution >= 4 is 18.0 Å². The van der Waals surface area contributed by atoms with Gasteiger partial charge in [0.25, 0.3) is 0 Å². The van der Waals surface area contributed by atoms with Crippen LogP contribution in [0.5, 0.6) is 0 Å². The number of nitrogens with one attached hydrogen (secondary N) is 2. The number of carbonyl (C=O) groups is 3. The SMILES string of the molecule is CCCC(NC(=O)OCC1c2ccccc2-c2ccccc21)C(=O)NCC1(C(=O)O)CCCC1. The van der Waals surface area contributed by atoms with E-state index in [2.05, 4.69) is 34.9 Å². The summed E-state index contributed by atoms with van der Waals surface area (Å²) in [6, 6.07) is 15.4. The summed E-state index contributed by atoms with van der Waals surface area (Å²) < 4.78 is 5.58. The Labute approximate surface area is 199 Å². The van der Waals surface area contributed by atoms with Gasteiger partial charge in [0.2, 0.25) is 5.91 Å². The fourth-order valence-corrected chi connectivity index (χ4v) is 5.24. The van der Waals surface area contributed by atoms with Crippen molar-refractivity contribution in [2.75, 3.05) is 13.2 Å². The molecule has 7 heteroatoms. The van der Waals surface area contributed by atoms with Gasteiger partial charge in [-0.2, -0.15) is 0 Å². The first-order chi connectivity index (χ1) is 16.4. The molecule has 2 aliphatic carbocycles. The van der Waals surface area contributed by atoms with Gasteiger partial charge in [0.1, 0.15) is 12.6 Å². The molecular weight excluding hydrogens is 432 g/mol. The topological polar surface area (TPSA) is 105 Å². The van der Waals surface area contributed by atoms with Gasteiger partial charge in [0, 0.05) is 12.5 Å². The molecule has 0 bridgehead atoms. The molecule has 4 rings (SSSR count). The lowest BCUT2D eigenvalue weighted by atomic mass is 9.86. The number of rotatable bonds is 9. The molecular formula is C27H32N2O5. The molecule has 1 fully saturated rings. The molecule has 0 aliphatic heterocycles. The summed E-state index contributed by atoms with van der Waals surface area (Å²) in [5.74, 6) is -1.31. The highest BCUT2D eigenvalue weighted by molar-refractivity contribution is 5.86. The Bertz CT molecular complexity index is 1010. The first kappa shape index (κ1) is 23.8. The van der Waals surface area contributed by atoms with Crippen LogP contribution in [0.3, 0.4) is 0 Å². The summed E-state index contributed by atoms with van der Waals surface area (Å²) in [5, 5.41) is 15.1. The molecule has 1 saturated carbocycles. The van der Waals surface area contributed by atoms with Crippen LogP contribution in [0, 0.1) is 5.41 Å². The van der Waals surface area contributed by atoms with Crippen LogP contribution in [-0.4, -0.2) is 42.3 Å². The van der Waals surface area contributed by atoms with Crippen LogP contribution < -0.4 is 10.6 Å². The lowest BCUT2D eigenvalue weighted by Crippen LogP contribution is -2.50. The molecule has 0 heterocycles. The number of carboxylic acids is 1. The van der Waals surface area contributed by atoms with Gasteiger partial charge < -0.3 is 20.5 Å². The minimum atomic E-state index is -0.907. The van der Waals surface area contributed by atoms with Crippen LogP contribution in [0.25, 0.3) is 11.1 Å². The fraction of sp³-hybridized carbons (Fsp3) is 0.444. The van der Waals surface area contributed by atoms with Crippen molar-refractivity contribution in [1.82, 2.24) is 10.6 Å². The maximum absolute atomic E-state index is 12.8. The van der Waals surface area contributed by atoms with Gasteiger partial charge in [-0.05, 0) is 41.5 Å². The third-order valence-electron chi connectivity index (χ3n) is 7.14. The Morgan fingerprint density at radius 3 is 2.18 bits per heavy atom. The first-order valence-electron chi connectivity index (χ1n) is 12.1. The second kappa shape index (κ2) is 10.3. The number of fused-ring (bicyclic) bond motifs is 3. The molecule has 0 spiro atoms. The summed E-state index contributed by atoms with van der Waals surface area (Å²) in [7, 11) is 0. The van der Waals surface area contributed by atoms with Gasteiger partial charge in [0.15, 0.2) is 0 Å². The van der Waals surface area contributed by atoms with Crippen LogP contribution >= 0.6 is 0 Å². The summed E-state index contributed by atoms with van der Waals surface area (Å²) in [5.41, 5.74) is 3.63. The zero-order valence-electron chi connectivity index (χ0n) is 19.5. The van der Waals surface area contributed by atoms with Crippen molar-refractivity contribution in [2.24, 2.45) is 5.41 Å². The molecule has 180 valence electrons. The predicted molar refractivity (Wildman–Crippen MR) is 128 cm³/mol. The molecule has 2 aromatic rings. The van der Waals surface area contributed by atoms with Gasteiger partial charge in [-0.25, -0.2) is 4.79 Å². The van der Waals surface area contributed by atoms with Gasteiger partial charge in [-0.3, -0.25) is 9.59 Å². The van der Waals surface area contributed by atoms with E-state index in [-0.39, 0.29) is 25.0 Å². The van der Waals surface area contributed by atoms with Gasteiger partial charge in [-0.1, -0.05) is 74.7 Å². The molecule has 2 aliphatic rings. The Morgan fingerprint density at radius 2 is 1.62 bits per heavy atom. The zero-order chi connectivity index (χ0) is 24.1. The van der Waals surface area contributed by atoms with Crippen LogP contribution in [0.2, 0.25) is 0 Å². The van der Waals surface area contributed by atoms with Crippen LogP contribution in [0.1, 0.15) is 62.5 Å². The number of hydrogen-bond acceptors (Lipinski definition) is 4. The van der Waals surface area contributed by atoms with E-state index in [4.69, 9.17) is 4.74 Å². The minimum Gasteiger partial charge on any atom is -0.481 e. The number of benzene rings is 2. The van der Waals surface area contributed by atoms with Gasteiger partial charge in [-0.15, -0.1) is 0 Å². The lowest BCUT2D eigenvalue weighted by Gasteiger charge is -2.26. The molecule has 34 heavy (non-hydrogen) atoms. The minimum absolute atomic E-state index is 0.0607. The van der Waals surface area contributed by atoms with Gasteiger partial charge >= 0.3 is 12.1 Å². The maximum atomic E-state index is 12.8. The number of alkyl carbamates (subject to hydrolysis) is 1. The standard InChI is InChI=1S/C27H32N2O5/c1-2-9-23(24(30)28-17-27(25(31)32)14-7-8-15-27)29-26(33)34-16-22-20-12-5-3-10-18(20)19-11-4-6-13-21(19)22/h3-6,10-13,22-23H,2,7-9,14-17H2,1H3,(H,28,30)(H,29,33)(H,31,32). The quantitative estimate of drug-likeness (QED) is 0.508. The van der Waals surface area contributed by atoms with E-state index in [1.807, 2.05) is 31.2 Å². The molecule has 0 radical (unpaired) electrons. The number of carbonyl (C=O) groups excluding carboxylic acids is 2. The second-order valence-corrected chi connectivity index (χ2v) is 9.32. The molecule has 2 aromatic carbocycles. The lowest BCUT2D eigenvalue weighted by molar-refractivity contribution is -0.148. The fourth-order valence-electron chi connectivity index (χ4n) is 5.24. The summed E-state index contributed by atoms with van der Waals surface area (Å²) in [6.07, 6.45) is 3.28. The van der Waals surface area contributed by atoms with E-state index < -0.39 is 23.5 Å². The van der Waals surface area contributed by atoms with Crippen LogP contribution in [0.15, 0.2) is 48.5 Å². The Hall–Kier alpha value is -3.35. The van der Waals surface area contributed by atoms with E-state index in [1.54, 1.807) is 0 Å². The highest BCUT2D eigenvalue weighted by Gasteiger charge is 2.42.